The number of rotatable bonds is 5. The molecule has 0 aromatic heterocycles. The molecule has 2 saturated heterocycles. The fourth-order valence-electron chi connectivity index (χ4n) is 5.40. The van der Waals surface area contributed by atoms with Crippen molar-refractivity contribution >= 4 is 5.96 Å². The maximum Gasteiger partial charge on any atom is 0.193 e. The molecule has 1 unspecified atom stereocenters. The second kappa shape index (κ2) is 11.0. The average molecular weight is 407 g/mol. The lowest BCUT2D eigenvalue weighted by molar-refractivity contribution is 0.0858. The molecule has 1 atom stereocenters. The smallest absolute Gasteiger partial charge is 0.193 e. The van der Waals surface area contributed by atoms with Crippen molar-refractivity contribution in [2.75, 3.05) is 73.0 Å². The summed E-state index contributed by atoms with van der Waals surface area (Å²) in [4.78, 5) is 14.8. The molecule has 2 heterocycles. The second-order valence-electron chi connectivity index (χ2n) is 9.95. The highest BCUT2D eigenvalue weighted by Gasteiger charge is 2.30. The van der Waals surface area contributed by atoms with Crippen LogP contribution in [0.4, 0.5) is 0 Å². The van der Waals surface area contributed by atoms with Gasteiger partial charge in [-0.25, -0.2) is 0 Å². The molecule has 1 N–H and O–H groups in total. The van der Waals surface area contributed by atoms with Crippen molar-refractivity contribution in [2.24, 2.45) is 16.8 Å². The molecular weight excluding hydrogens is 360 g/mol. The van der Waals surface area contributed by atoms with Gasteiger partial charge in [-0.1, -0.05) is 13.8 Å². The lowest BCUT2D eigenvalue weighted by Crippen LogP contribution is -2.57. The molecule has 0 bridgehead atoms. The van der Waals surface area contributed by atoms with Gasteiger partial charge in [0, 0.05) is 78.0 Å². The van der Waals surface area contributed by atoms with Gasteiger partial charge in [-0.2, -0.15) is 0 Å². The van der Waals surface area contributed by atoms with E-state index in [0.717, 1.165) is 43.5 Å². The fraction of sp³-hybridized carbons (Fsp3) is 0.957. The monoisotopic (exact) mass is 406 g/mol. The molecule has 0 spiro atoms. The summed E-state index contributed by atoms with van der Waals surface area (Å²) in [6.07, 6.45) is 5.66. The van der Waals surface area contributed by atoms with Crippen LogP contribution in [0.25, 0.3) is 0 Å². The van der Waals surface area contributed by atoms with Gasteiger partial charge in [0.15, 0.2) is 5.96 Å². The standard InChI is InChI=1S/C23H46N6/c1-19(2)21-6-8-22(9-7-21)28-14-16-29(17-15-28)23(24-4)25-18-20(3)27-12-10-26(5)11-13-27/h19-22H,6-18H2,1-5H3,(H,24,25). The molecule has 6 nitrogen and oxygen atoms in total. The number of nitrogens with zero attached hydrogens (tertiary/aromatic N) is 5. The van der Waals surface area contributed by atoms with Crippen LogP contribution in [0.15, 0.2) is 4.99 Å². The Balaban J connectivity index is 1.39. The van der Waals surface area contributed by atoms with Crippen molar-refractivity contribution in [2.45, 2.75) is 58.5 Å². The summed E-state index contributed by atoms with van der Waals surface area (Å²) in [7, 11) is 4.15. The Morgan fingerprint density at radius 3 is 2.07 bits per heavy atom. The lowest BCUT2D eigenvalue weighted by atomic mass is 9.79. The third-order valence-electron chi connectivity index (χ3n) is 7.74. The van der Waals surface area contributed by atoms with E-state index in [0.29, 0.717) is 6.04 Å². The summed E-state index contributed by atoms with van der Waals surface area (Å²) >= 11 is 0. The number of piperazine rings is 2. The number of guanidine groups is 1. The Labute approximate surface area is 179 Å². The summed E-state index contributed by atoms with van der Waals surface area (Å²) in [5.74, 6) is 2.91. The molecular formula is C23H46N6. The van der Waals surface area contributed by atoms with E-state index < -0.39 is 0 Å². The Bertz CT molecular complexity index is 497. The van der Waals surface area contributed by atoms with Gasteiger partial charge in [-0.3, -0.25) is 14.8 Å². The Hall–Kier alpha value is -0.850. The molecule has 0 aromatic rings. The normalized spacial score (nSPS) is 30.0. The van der Waals surface area contributed by atoms with Crippen LogP contribution >= 0.6 is 0 Å². The first kappa shape index (κ1) is 22.8. The molecule has 6 heteroatoms. The zero-order valence-corrected chi connectivity index (χ0v) is 19.7. The Morgan fingerprint density at radius 2 is 1.52 bits per heavy atom. The number of aliphatic imine (C=N–C) groups is 1. The van der Waals surface area contributed by atoms with E-state index in [1.807, 2.05) is 7.05 Å². The van der Waals surface area contributed by atoms with Crippen LogP contribution in [0, 0.1) is 11.8 Å². The van der Waals surface area contributed by atoms with Gasteiger partial charge >= 0.3 is 0 Å². The average Bonchev–Trinajstić information content (AvgIpc) is 2.75. The van der Waals surface area contributed by atoms with Crippen molar-refractivity contribution < 1.29 is 0 Å². The van der Waals surface area contributed by atoms with Crippen molar-refractivity contribution in [3.8, 4) is 0 Å². The van der Waals surface area contributed by atoms with Crippen molar-refractivity contribution in [3.63, 3.8) is 0 Å². The van der Waals surface area contributed by atoms with Gasteiger partial charge in [0.25, 0.3) is 0 Å². The number of hydrogen-bond donors (Lipinski definition) is 1. The topological polar surface area (TPSA) is 37.4 Å². The predicted molar refractivity (Wildman–Crippen MR) is 124 cm³/mol. The first-order chi connectivity index (χ1) is 14.0. The van der Waals surface area contributed by atoms with Gasteiger partial charge in [-0.15, -0.1) is 0 Å². The molecule has 0 amide bonds. The maximum absolute atomic E-state index is 4.59. The third-order valence-corrected chi connectivity index (χ3v) is 7.74. The fourth-order valence-corrected chi connectivity index (χ4v) is 5.40. The number of likely N-dealkylation sites (N-methyl/N-ethyl adjacent to an activating group) is 1. The largest absolute Gasteiger partial charge is 0.355 e. The maximum atomic E-state index is 4.59. The minimum Gasteiger partial charge on any atom is -0.355 e. The van der Waals surface area contributed by atoms with E-state index in [1.165, 1.54) is 65.0 Å². The van der Waals surface area contributed by atoms with Crippen LogP contribution in [0.5, 0.6) is 0 Å². The van der Waals surface area contributed by atoms with Crippen molar-refractivity contribution in [1.29, 1.82) is 0 Å². The summed E-state index contributed by atoms with van der Waals surface area (Å²) in [5.41, 5.74) is 0. The van der Waals surface area contributed by atoms with E-state index in [1.54, 1.807) is 0 Å². The molecule has 3 aliphatic rings. The summed E-state index contributed by atoms with van der Waals surface area (Å²) in [6, 6.07) is 1.37. The Kier molecular flexibility index (Phi) is 8.63. The highest BCUT2D eigenvalue weighted by molar-refractivity contribution is 5.80. The molecule has 168 valence electrons. The highest BCUT2D eigenvalue weighted by Crippen LogP contribution is 2.32. The molecule has 1 saturated carbocycles. The summed E-state index contributed by atoms with van der Waals surface area (Å²) in [6.45, 7) is 17.4. The van der Waals surface area contributed by atoms with E-state index in [9.17, 15) is 0 Å². The lowest BCUT2D eigenvalue weighted by Gasteiger charge is -2.43. The Morgan fingerprint density at radius 1 is 0.897 bits per heavy atom. The van der Waals surface area contributed by atoms with Gasteiger partial charge in [0.1, 0.15) is 0 Å². The van der Waals surface area contributed by atoms with Crippen LogP contribution in [-0.4, -0.2) is 111 Å². The SMILES string of the molecule is CN=C(NCC(C)N1CCN(C)CC1)N1CCN(C2CCC(C(C)C)CC2)CC1. The minimum absolute atomic E-state index is 0.554. The molecule has 29 heavy (non-hydrogen) atoms. The van der Waals surface area contributed by atoms with Crippen LogP contribution < -0.4 is 5.32 Å². The van der Waals surface area contributed by atoms with E-state index in [-0.39, 0.29) is 0 Å². The van der Waals surface area contributed by atoms with E-state index in [4.69, 9.17) is 0 Å². The quantitative estimate of drug-likeness (QED) is 0.559. The molecule has 3 rings (SSSR count). The third kappa shape index (κ3) is 6.31. The van der Waals surface area contributed by atoms with Gasteiger partial charge in [0.05, 0.1) is 0 Å². The van der Waals surface area contributed by atoms with Gasteiger partial charge < -0.3 is 15.1 Å². The molecule has 1 aliphatic carbocycles. The number of nitrogens with one attached hydrogen (secondary N) is 1. The molecule has 0 aromatic carbocycles. The number of hydrogen-bond acceptors (Lipinski definition) is 4. The second-order valence-corrected chi connectivity index (χ2v) is 9.95. The van der Waals surface area contributed by atoms with Crippen LogP contribution in [0.1, 0.15) is 46.5 Å². The zero-order chi connectivity index (χ0) is 20.8. The molecule has 0 radical (unpaired) electrons. The zero-order valence-electron chi connectivity index (χ0n) is 19.7. The first-order valence-electron chi connectivity index (χ1n) is 12.1. The van der Waals surface area contributed by atoms with Crippen LogP contribution in [-0.2, 0) is 0 Å². The minimum atomic E-state index is 0.554. The molecule has 3 fully saturated rings. The summed E-state index contributed by atoms with van der Waals surface area (Å²) in [5, 5.41) is 3.66. The van der Waals surface area contributed by atoms with Gasteiger partial charge in [-0.05, 0) is 51.5 Å². The highest BCUT2D eigenvalue weighted by atomic mass is 15.4. The van der Waals surface area contributed by atoms with Crippen LogP contribution in [0.2, 0.25) is 0 Å². The van der Waals surface area contributed by atoms with E-state index >= 15 is 0 Å². The van der Waals surface area contributed by atoms with Crippen molar-refractivity contribution in [1.82, 2.24) is 24.9 Å². The van der Waals surface area contributed by atoms with Crippen LogP contribution in [0.3, 0.4) is 0 Å². The predicted octanol–water partition coefficient (Wildman–Crippen LogP) is 2.03. The summed E-state index contributed by atoms with van der Waals surface area (Å²) < 4.78 is 0. The molecule has 2 aliphatic heterocycles. The van der Waals surface area contributed by atoms with E-state index in [2.05, 4.69) is 57.7 Å². The van der Waals surface area contributed by atoms with Gasteiger partial charge in [0.2, 0.25) is 0 Å². The first-order valence-corrected chi connectivity index (χ1v) is 12.1. The van der Waals surface area contributed by atoms with Crippen molar-refractivity contribution in [3.05, 3.63) is 0 Å².